The van der Waals surface area contributed by atoms with E-state index in [1.165, 1.54) is 16.1 Å². The molecule has 1 atom stereocenters. The van der Waals surface area contributed by atoms with Gasteiger partial charge in [0.15, 0.2) is 0 Å². The van der Waals surface area contributed by atoms with Gasteiger partial charge < -0.3 is 5.32 Å². The summed E-state index contributed by atoms with van der Waals surface area (Å²) < 4.78 is 25.3. The first-order valence-electron chi connectivity index (χ1n) is 8.09. The summed E-state index contributed by atoms with van der Waals surface area (Å²) in [6.45, 7) is 2.37. The Labute approximate surface area is 152 Å². The molecule has 0 spiro atoms. The van der Waals surface area contributed by atoms with Gasteiger partial charge in [-0.25, -0.2) is 8.42 Å². The summed E-state index contributed by atoms with van der Waals surface area (Å²) in [5, 5.41) is 2.64. The highest BCUT2D eigenvalue weighted by Crippen LogP contribution is 2.26. The lowest BCUT2D eigenvalue weighted by Crippen LogP contribution is -2.25. The molecule has 1 aliphatic heterocycles. The fourth-order valence-electron chi connectivity index (χ4n) is 2.64. The van der Waals surface area contributed by atoms with Gasteiger partial charge in [-0.05, 0) is 49.7 Å². The highest BCUT2D eigenvalue weighted by Gasteiger charge is 2.28. The molecule has 0 aliphatic carbocycles. The first-order valence-corrected chi connectivity index (χ1v) is 10.6. The van der Waals surface area contributed by atoms with Crippen LogP contribution in [-0.2, 0) is 14.8 Å². The van der Waals surface area contributed by atoms with Crippen molar-refractivity contribution < 1.29 is 13.2 Å². The quantitative estimate of drug-likeness (QED) is 0.813. The van der Waals surface area contributed by atoms with Crippen LogP contribution in [0.25, 0.3) is 0 Å². The summed E-state index contributed by atoms with van der Waals surface area (Å²) in [6, 6.07) is 16.7. The first-order chi connectivity index (χ1) is 12.0. The lowest BCUT2D eigenvalue weighted by atomic mass is 10.2. The van der Waals surface area contributed by atoms with Crippen molar-refractivity contribution >= 4 is 39.1 Å². The van der Waals surface area contributed by atoms with E-state index in [0.29, 0.717) is 24.3 Å². The molecular formula is C18H20N2O3S2. The second-order valence-electron chi connectivity index (χ2n) is 5.85. The number of rotatable bonds is 5. The monoisotopic (exact) mass is 376 g/mol. The zero-order chi connectivity index (χ0) is 17.9. The predicted octanol–water partition coefficient (Wildman–Crippen LogP) is 3.35. The number of hydrogen-bond acceptors (Lipinski definition) is 4. The molecule has 0 aromatic heterocycles. The third-order valence-electron chi connectivity index (χ3n) is 3.95. The van der Waals surface area contributed by atoms with Crippen LogP contribution in [0, 0.1) is 0 Å². The van der Waals surface area contributed by atoms with Crippen molar-refractivity contribution in [3.05, 3.63) is 54.6 Å². The van der Waals surface area contributed by atoms with E-state index in [0.717, 1.165) is 4.90 Å². The number of thioether (sulfide) groups is 1. The Morgan fingerprint density at radius 3 is 2.40 bits per heavy atom. The maximum absolute atomic E-state index is 12.3. The minimum atomic E-state index is -3.18. The largest absolute Gasteiger partial charge is 0.325 e. The van der Waals surface area contributed by atoms with Gasteiger partial charge in [0.2, 0.25) is 15.9 Å². The van der Waals surface area contributed by atoms with E-state index in [-0.39, 0.29) is 16.9 Å². The van der Waals surface area contributed by atoms with Gasteiger partial charge in [-0.3, -0.25) is 9.10 Å². The number of nitrogens with zero attached hydrogens (tertiary/aromatic N) is 1. The van der Waals surface area contributed by atoms with Gasteiger partial charge in [0.1, 0.15) is 0 Å². The Balaban J connectivity index is 1.62. The van der Waals surface area contributed by atoms with Crippen LogP contribution in [-0.4, -0.2) is 31.9 Å². The van der Waals surface area contributed by atoms with Crippen LogP contribution < -0.4 is 9.62 Å². The molecule has 5 nitrogen and oxygen atoms in total. The molecule has 2 aromatic rings. The van der Waals surface area contributed by atoms with E-state index >= 15 is 0 Å². The number of sulfonamides is 1. The fraction of sp³-hybridized carbons (Fsp3) is 0.278. The maximum Gasteiger partial charge on any atom is 0.237 e. The van der Waals surface area contributed by atoms with Gasteiger partial charge in [0.05, 0.1) is 16.7 Å². The normalized spacial score (nSPS) is 17.2. The molecule has 132 valence electrons. The van der Waals surface area contributed by atoms with E-state index in [2.05, 4.69) is 5.32 Å². The Kier molecular flexibility index (Phi) is 5.34. The van der Waals surface area contributed by atoms with Crippen LogP contribution in [0.4, 0.5) is 11.4 Å². The molecule has 0 radical (unpaired) electrons. The fourth-order valence-corrected chi connectivity index (χ4v) is 5.09. The van der Waals surface area contributed by atoms with Crippen LogP contribution in [0.2, 0.25) is 0 Å². The van der Waals surface area contributed by atoms with Crippen LogP contribution in [0.1, 0.15) is 13.3 Å². The van der Waals surface area contributed by atoms with Crippen LogP contribution in [0.15, 0.2) is 59.5 Å². The number of benzene rings is 2. The number of hydrogen-bond donors (Lipinski definition) is 1. The van der Waals surface area contributed by atoms with E-state index in [9.17, 15) is 13.2 Å². The van der Waals surface area contributed by atoms with Crippen molar-refractivity contribution in [3.63, 3.8) is 0 Å². The SMILES string of the molecule is C[C@@H](Sc1ccccc1)C(=O)Nc1ccc(N2CCCS2(=O)=O)cc1. The van der Waals surface area contributed by atoms with E-state index in [4.69, 9.17) is 0 Å². The van der Waals surface area contributed by atoms with Crippen molar-refractivity contribution in [2.75, 3.05) is 21.9 Å². The highest BCUT2D eigenvalue weighted by molar-refractivity contribution is 8.00. The van der Waals surface area contributed by atoms with Gasteiger partial charge in [-0.2, -0.15) is 0 Å². The van der Waals surface area contributed by atoms with Gasteiger partial charge in [0, 0.05) is 17.1 Å². The van der Waals surface area contributed by atoms with Crippen LogP contribution in [0.3, 0.4) is 0 Å². The average Bonchev–Trinajstić information content (AvgIpc) is 2.95. The van der Waals surface area contributed by atoms with Crippen molar-refractivity contribution in [2.24, 2.45) is 0 Å². The van der Waals surface area contributed by atoms with Crippen molar-refractivity contribution in [1.29, 1.82) is 0 Å². The molecule has 0 saturated carbocycles. The molecule has 1 fully saturated rings. The number of amides is 1. The summed E-state index contributed by atoms with van der Waals surface area (Å²) in [5.74, 6) is 0.107. The Morgan fingerprint density at radius 2 is 1.80 bits per heavy atom. The molecule has 0 unspecified atom stereocenters. The van der Waals surface area contributed by atoms with E-state index in [1.807, 2.05) is 37.3 Å². The predicted molar refractivity (Wildman–Crippen MR) is 103 cm³/mol. The van der Waals surface area contributed by atoms with Crippen molar-refractivity contribution in [3.8, 4) is 0 Å². The number of carbonyl (C=O) groups excluding carboxylic acids is 1. The molecule has 1 heterocycles. The summed E-state index contributed by atoms with van der Waals surface area (Å²) in [6.07, 6.45) is 0.648. The minimum absolute atomic E-state index is 0.0876. The number of nitrogens with one attached hydrogen (secondary N) is 1. The second-order valence-corrected chi connectivity index (χ2v) is 9.28. The molecule has 3 rings (SSSR count). The topological polar surface area (TPSA) is 66.5 Å². The van der Waals surface area contributed by atoms with Gasteiger partial charge in [-0.15, -0.1) is 11.8 Å². The molecule has 2 aromatic carbocycles. The highest BCUT2D eigenvalue weighted by atomic mass is 32.2. The van der Waals surface area contributed by atoms with Crippen molar-refractivity contribution in [2.45, 2.75) is 23.5 Å². The standard InChI is InChI=1S/C18H20N2O3S2/c1-14(24-17-6-3-2-4-7-17)18(21)19-15-8-10-16(11-9-15)20-12-5-13-25(20,22)23/h2-4,6-11,14H,5,12-13H2,1H3,(H,19,21)/t14-/m1/s1. The third kappa shape index (κ3) is 4.35. The molecule has 1 amide bonds. The molecule has 25 heavy (non-hydrogen) atoms. The molecule has 1 N–H and O–H groups in total. The van der Waals surface area contributed by atoms with E-state index in [1.54, 1.807) is 24.3 Å². The minimum Gasteiger partial charge on any atom is -0.325 e. The molecule has 1 saturated heterocycles. The maximum atomic E-state index is 12.3. The van der Waals surface area contributed by atoms with Gasteiger partial charge in [0.25, 0.3) is 0 Å². The van der Waals surface area contributed by atoms with Crippen molar-refractivity contribution in [1.82, 2.24) is 0 Å². The lowest BCUT2D eigenvalue weighted by Gasteiger charge is -2.17. The average molecular weight is 377 g/mol. The first kappa shape index (κ1) is 17.8. The molecule has 0 bridgehead atoms. The van der Waals surface area contributed by atoms with Crippen LogP contribution in [0.5, 0.6) is 0 Å². The summed E-state index contributed by atoms with van der Waals surface area (Å²) >= 11 is 1.49. The zero-order valence-corrected chi connectivity index (χ0v) is 15.5. The summed E-state index contributed by atoms with van der Waals surface area (Å²) in [7, 11) is -3.18. The Hall–Kier alpha value is -1.99. The number of anilines is 2. The lowest BCUT2D eigenvalue weighted by molar-refractivity contribution is -0.115. The molecule has 1 aliphatic rings. The molecule has 7 heteroatoms. The summed E-state index contributed by atoms with van der Waals surface area (Å²) in [4.78, 5) is 13.4. The Morgan fingerprint density at radius 1 is 1.12 bits per heavy atom. The molecular weight excluding hydrogens is 356 g/mol. The third-order valence-corrected chi connectivity index (χ3v) is 6.93. The Bertz CT molecular complexity index is 836. The van der Waals surface area contributed by atoms with Crippen LogP contribution >= 0.6 is 11.8 Å². The zero-order valence-electron chi connectivity index (χ0n) is 13.9. The number of carbonyl (C=O) groups is 1. The second kappa shape index (κ2) is 7.49. The van der Waals surface area contributed by atoms with Gasteiger partial charge in [-0.1, -0.05) is 18.2 Å². The van der Waals surface area contributed by atoms with Gasteiger partial charge >= 0.3 is 0 Å². The smallest absolute Gasteiger partial charge is 0.237 e. The van der Waals surface area contributed by atoms with E-state index < -0.39 is 10.0 Å². The summed E-state index contributed by atoms with van der Waals surface area (Å²) in [5.41, 5.74) is 1.30.